The van der Waals surface area contributed by atoms with Crippen LogP contribution in [-0.4, -0.2) is 46.7 Å². The molecule has 0 saturated carbocycles. The number of para-hydroxylation sites is 1. The Bertz CT molecular complexity index is 1030. The lowest BCUT2D eigenvalue weighted by atomic mass is 10.2. The molecule has 0 aliphatic heterocycles. The first-order valence-corrected chi connectivity index (χ1v) is 10.9. The van der Waals surface area contributed by atoms with Gasteiger partial charge in [-0.2, -0.15) is 0 Å². The molecule has 0 bridgehead atoms. The van der Waals surface area contributed by atoms with Crippen LogP contribution in [-0.2, 0) is 19.6 Å². The van der Waals surface area contributed by atoms with E-state index in [9.17, 15) is 18.0 Å². The van der Waals surface area contributed by atoms with Crippen LogP contribution in [0.25, 0.3) is 0 Å². The third-order valence-corrected chi connectivity index (χ3v) is 5.77. The van der Waals surface area contributed by atoms with Crippen LogP contribution in [0.15, 0.2) is 47.4 Å². The van der Waals surface area contributed by atoms with Gasteiger partial charge >= 0.3 is 5.97 Å². The highest BCUT2D eigenvalue weighted by Crippen LogP contribution is 2.31. The second-order valence-electron chi connectivity index (χ2n) is 6.88. The van der Waals surface area contributed by atoms with Crippen LogP contribution in [0.5, 0.6) is 11.5 Å². The Hall–Kier alpha value is -3.11. The van der Waals surface area contributed by atoms with E-state index in [-0.39, 0.29) is 22.3 Å². The number of ether oxygens (including phenoxy) is 3. The minimum Gasteiger partial charge on any atom is -0.493 e. The van der Waals surface area contributed by atoms with E-state index < -0.39 is 28.0 Å². The van der Waals surface area contributed by atoms with Crippen LogP contribution in [0, 0.1) is 0 Å². The number of benzene rings is 2. The second-order valence-corrected chi connectivity index (χ2v) is 8.59. The van der Waals surface area contributed by atoms with E-state index in [0.717, 1.165) is 0 Å². The summed E-state index contributed by atoms with van der Waals surface area (Å²) in [7, 11) is -0.797. The summed E-state index contributed by atoms with van der Waals surface area (Å²) in [5.74, 6) is -0.767. The second kappa shape index (κ2) is 10.3. The fraction of sp³-hybridized carbons (Fsp3) is 0.333. The van der Waals surface area contributed by atoms with Crippen molar-refractivity contribution in [1.29, 1.82) is 0 Å². The molecule has 2 aromatic carbocycles. The van der Waals surface area contributed by atoms with Crippen molar-refractivity contribution in [1.82, 2.24) is 4.72 Å². The van der Waals surface area contributed by atoms with Crippen molar-refractivity contribution < 1.29 is 32.2 Å². The Morgan fingerprint density at radius 1 is 0.935 bits per heavy atom. The van der Waals surface area contributed by atoms with Crippen LogP contribution in [0.3, 0.4) is 0 Å². The molecule has 0 spiro atoms. The van der Waals surface area contributed by atoms with Gasteiger partial charge in [-0.1, -0.05) is 6.07 Å². The average molecular weight is 451 g/mol. The lowest BCUT2D eigenvalue weighted by Gasteiger charge is -2.16. The number of amides is 1. The molecule has 0 radical (unpaired) electrons. The molecule has 2 N–H and O–H groups in total. The molecular weight excluding hydrogens is 424 g/mol. The summed E-state index contributed by atoms with van der Waals surface area (Å²) in [6.07, 6.45) is -1.12. The molecule has 0 saturated heterocycles. The molecule has 1 unspecified atom stereocenters. The molecule has 31 heavy (non-hydrogen) atoms. The summed E-state index contributed by atoms with van der Waals surface area (Å²) in [4.78, 5) is 25.0. The van der Waals surface area contributed by atoms with E-state index in [2.05, 4.69) is 10.0 Å². The minimum atomic E-state index is -3.63. The highest BCUT2D eigenvalue weighted by Gasteiger charge is 2.23. The number of nitrogens with one attached hydrogen (secondary N) is 2. The van der Waals surface area contributed by atoms with E-state index >= 15 is 0 Å². The normalized spacial score (nSPS) is 12.2. The zero-order valence-electron chi connectivity index (χ0n) is 18.0. The van der Waals surface area contributed by atoms with Gasteiger partial charge in [-0.25, -0.2) is 17.9 Å². The van der Waals surface area contributed by atoms with Crippen molar-refractivity contribution in [2.45, 2.75) is 37.8 Å². The third kappa shape index (κ3) is 6.19. The largest absolute Gasteiger partial charge is 0.493 e. The Morgan fingerprint density at radius 3 is 2.13 bits per heavy atom. The van der Waals surface area contributed by atoms with Crippen LogP contribution in [0.1, 0.15) is 31.1 Å². The first kappa shape index (κ1) is 24.2. The minimum absolute atomic E-state index is 0.0730. The Morgan fingerprint density at radius 2 is 1.58 bits per heavy atom. The third-order valence-electron chi connectivity index (χ3n) is 4.10. The fourth-order valence-corrected chi connectivity index (χ4v) is 3.92. The van der Waals surface area contributed by atoms with Gasteiger partial charge in [0.25, 0.3) is 5.91 Å². The molecule has 2 rings (SSSR count). The first-order chi connectivity index (χ1) is 14.6. The maximum Gasteiger partial charge on any atom is 0.342 e. The average Bonchev–Trinajstić information content (AvgIpc) is 2.72. The molecule has 0 aliphatic carbocycles. The zero-order chi connectivity index (χ0) is 23.2. The predicted octanol–water partition coefficient (Wildman–Crippen LogP) is 2.57. The van der Waals surface area contributed by atoms with Crippen LogP contribution in [0.2, 0.25) is 0 Å². The van der Waals surface area contributed by atoms with Gasteiger partial charge in [0.15, 0.2) is 17.6 Å². The van der Waals surface area contributed by atoms with Gasteiger partial charge in [0.1, 0.15) is 5.56 Å². The van der Waals surface area contributed by atoms with E-state index in [1.54, 1.807) is 26.0 Å². The molecule has 1 amide bonds. The molecule has 0 fully saturated rings. The van der Waals surface area contributed by atoms with E-state index in [1.807, 2.05) is 0 Å². The van der Waals surface area contributed by atoms with Gasteiger partial charge in [-0.05, 0) is 57.2 Å². The number of methoxy groups -OCH3 is 2. The number of hydrogen-bond acceptors (Lipinski definition) is 7. The lowest BCUT2D eigenvalue weighted by molar-refractivity contribution is -0.123. The standard InChI is InChI=1S/C21H26N2O7S/c1-13(2)23-31(26,27)16-11-9-15(10-12-16)22-20(24)14(3)30-21(25)17-7-6-8-18(28-4)19(17)29-5/h6-14,23H,1-5H3,(H,22,24). The summed E-state index contributed by atoms with van der Waals surface area (Å²) in [5.41, 5.74) is 0.476. The van der Waals surface area contributed by atoms with Crippen molar-refractivity contribution >= 4 is 27.6 Å². The van der Waals surface area contributed by atoms with E-state index in [4.69, 9.17) is 14.2 Å². The highest BCUT2D eigenvalue weighted by molar-refractivity contribution is 7.89. The monoisotopic (exact) mass is 450 g/mol. The highest BCUT2D eigenvalue weighted by atomic mass is 32.2. The molecule has 0 aliphatic rings. The molecule has 168 valence electrons. The predicted molar refractivity (Wildman–Crippen MR) is 115 cm³/mol. The number of carbonyl (C=O) groups is 2. The van der Waals surface area contributed by atoms with Crippen molar-refractivity contribution in [3.8, 4) is 11.5 Å². The van der Waals surface area contributed by atoms with Crippen molar-refractivity contribution in [2.24, 2.45) is 0 Å². The molecule has 0 aromatic heterocycles. The molecule has 0 heterocycles. The van der Waals surface area contributed by atoms with E-state index in [1.165, 1.54) is 51.5 Å². The quantitative estimate of drug-likeness (QED) is 0.564. The summed E-state index contributed by atoms with van der Waals surface area (Å²) in [6, 6.07) is 10.1. The topological polar surface area (TPSA) is 120 Å². The molecule has 2 aromatic rings. The van der Waals surface area contributed by atoms with Gasteiger partial charge in [0.2, 0.25) is 10.0 Å². The number of esters is 1. The van der Waals surface area contributed by atoms with Crippen molar-refractivity contribution in [3.05, 3.63) is 48.0 Å². The maximum atomic E-state index is 12.5. The SMILES string of the molecule is COc1cccc(C(=O)OC(C)C(=O)Nc2ccc(S(=O)(=O)NC(C)C)cc2)c1OC. The van der Waals surface area contributed by atoms with Gasteiger partial charge in [0, 0.05) is 11.7 Å². The number of sulfonamides is 1. The number of hydrogen-bond donors (Lipinski definition) is 2. The molecule has 9 nitrogen and oxygen atoms in total. The van der Waals surface area contributed by atoms with Crippen molar-refractivity contribution in [2.75, 3.05) is 19.5 Å². The van der Waals surface area contributed by atoms with Crippen LogP contribution >= 0.6 is 0 Å². The lowest BCUT2D eigenvalue weighted by Crippen LogP contribution is -2.31. The van der Waals surface area contributed by atoms with Crippen LogP contribution in [0.4, 0.5) is 5.69 Å². The maximum absolute atomic E-state index is 12.5. The Labute approximate surface area is 181 Å². The zero-order valence-corrected chi connectivity index (χ0v) is 18.8. The summed E-state index contributed by atoms with van der Waals surface area (Å²) in [6.45, 7) is 4.86. The number of carbonyl (C=O) groups excluding carboxylic acids is 2. The van der Waals surface area contributed by atoms with Gasteiger partial charge in [-0.3, -0.25) is 4.79 Å². The first-order valence-electron chi connectivity index (χ1n) is 9.44. The van der Waals surface area contributed by atoms with E-state index in [0.29, 0.717) is 11.4 Å². The molecule has 1 atom stereocenters. The smallest absolute Gasteiger partial charge is 0.342 e. The number of anilines is 1. The Balaban J connectivity index is 2.06. The van der Waals surface area contributed by atoms with Gasteiger partial charge in [-0.15, -0.1) is 0 Å². The van der Waals surface area contributed by atoms with Gasteiger partial charge in [0.05, 0.1) is 19.1 Å². The summed E-state index contributed by atoms with van der Waals surface area (Å²) < 4.78 is 42.4. The Kier molecular flexibility index (Phi) is 8.01. The van der Waals surface area contributed by atoms with Gasteiger partial charge < -0.3 is 19.5 Å². The summed E-state index contributed by atoms with van der Waals surface area (Å²) >= 11 is 0. The molecular formula is C21H26N2O7S. The molecule has 10 heteroatoms. The number of rotatable bonds is 9. The van der Waals surface area contributed by atoms with Crippen LogP contribution < -0.4 is 19.5 Å². The fourth-order valence-electron chi connectivity index (χ4n) is 2.67. The van der Waals surface area contributed by atoms with Crippen molar-refractivity contribution in [3.63, 3.8) is 0 Å². The summed E-state index contributed by atoms with van der Waals surface area (Å²) in [5, 5.41) is 2.58.